The van der Waals surface area contributed by atoms with Crippen LogP contribution in [0, 0.1) is 0 Å². The molecular formula is C17H21NO3. The number of phenols is 2. The van der Waals surface area contributed by atoms with Gasteiger partial charge < -0.3 is 20.6 Å². The Morgan fingerprint density at radius 1 is 0.762 bits per heavy atom. The van der Waals surface area contributed by atoms with E-state index in [1.165, 1.54) is 0 Å². The molecule has 21 heavy (non-hydrogen) atoms. The van der Waals surface area contributed by atoms with Crippen LogP contribution in [0.25, 0.3) is 0 Å². The number of rotatable bonds is 5. The zero-order valence-corrected chi connectivity index (χ0v) is 12.2. The summed E-state index contributed by atoms with van der Waals surface area (Å²) in [6.45, 7) is 3.92. The fraction of sp³-hybridized carbons (Fsp3) is 0.294. The number of aliphatic hydroxyl groups is 1. The van der Waals surface area contributed by atoms with Crippen LogP contribution < -0.4 is 5.32 Å². The van der Waals surface area contributed by atoms with E-state index in [1.807, 2.05) is 26.0 Å². The van der Waals surface area contributed by atoms with Gasteiger partial charge in [-0.2, -0.15) is 0 Å². The maximum absolute atomic E-state index is 10.3. The van der Waals surface area contributed by atoms with Crippen LogP contribution in [0.1, 0.15) is 37.1 Å². The summed E-state index contributed by atoms with van der Waals surface area (Å²) in [6, 6.07) is 13.4. The van der Waals surface area contributed by atoms with Crippen LogP contribution in [-0.2, 0) is 0 Å². The average Bonchev–Trinajstić information content (AvgIpc) is 2.47. The van der Waals surface area contributed by atoms with Crippen LogP contribution in [-0.4, -0.2) is 21.4 Å². The van der Waals surface area contributed by atoms with Crippen molar-refractivity contribution in [1.82, 2.24) is 5.32 Å². The second-order valence-corrected chi connectivity index (χ2v) is 5.30. The second kappa shape index (κ2) is 6.61. The number of hydrogen-bond donors (Lipinski definition) is 4. The van der Waals surface area contributed by atoms with Crippen molar-refractivity contribution < 1.29 is 15.3 Å². The number of aromatic hydroxyl groups is 2. The van der Waals surface area contributed by atoms with Crippen molar-refractivity contribution in [2.45, 2.75) is 32.0 Å². The SMILES string of the molecule is CC(NC(C)C(O)c1ccc(O)cc1)c1ccc(O)cc1. The van der Waals surface area contributed by atoms with Gasteiger partial charge in [0.2, 0.25) is 0 Å². The summed E-state index contributed by atoms with van der Waals surface area (Å²) in [5.74, 6) is 0.423. The van der Waals surface area contributed by atoms with Crippen LogP contribution in [0.4, 0.5) is 0 Å². The molecule has 4 nitrogen and oxygen atoms in total. The van der Waals surface area contributed by atoms with E-state index in [4.69, 9.17) is 0 Å². The van der Waals surface area contributed by atoms with Gasteiger partial charge in [0, 0.05) is 12.1 Å². The molecule has 4 heteroatoms. The third-order valence-electron chi connectivity index (χ3n) is 3.61. The Hall–Kier alpha value is -2.04. The Labute approximate surface area is 124 Å². The lowest BCUT2D eigenvalue weighted by Gasteiger charge is -2.25. The quantitative estimate of drug-likeness (QED) is 0.682. The van der Waals surface area contributed by atoms with Gasteiger partial charge in [0.15, 0.2) is 0 Å². The highest BCUT2D eigenvalue weighted by molar-refractivity contribution is 5.29. The van der Waals surface area contributed by atoms with E-state index in [-0.39, 0.29) is 23.6 Å². The number of phenolic OH excluding ortho intramolecular Hbond substituents is 2. The van der Waals surface area contributed by atoms with Crippen molar-refractivity contribution in [2.24, 2.45) is 0 Å². The third-order valence-corrected chi connectivity index (χ3v) is 3.61. The highest BCUT2D eigenvalue weighted by Crippen LogP contribution is 2.22. The molecule has 2 aromatic rings. The first-order valence-electron chi connectivity index (χ1n) is 6.99. The molecule has 3 unspecified atom stereocenters. The lowest BCUT2D eigenvalue weighted by Crippen LogP contribution is -2.34. The molecule has 112 valence electrons. The van der Waals surface area contributed by atoms with Crippen molar-refractivity contribution in [2.75, 3.05) is 0 Å². The number of nitrogens with one attached hydrogen (secondary N) is 1. The maximum atomic E-state index is 10.3. The maximum Gasteiger partial charge on any atom is 0.115 e. The molecule has 0 saturated carbocycles. The molecule has 4 N–H and O–H groups in total. The molecule has 3 atom stereocenters. The number of benzene rings is 2. The molecule has 0 aliphatic heterocycles. The molecule has 0 saturated heterocycles. The molecule has 2 aromatic carbocycles. The molecule has 0 aliphatic carbocycles. The summed E-state index contributed by atoms with van der Waals surface area (Å²) in [7, 11) is 0. The lowest BCUT2D eigenvalue weighted by atomic mass is 10.0. The van der Waals surface area contributed by atoms with Gasteiger partial charge in [-0.1, -0.05) is 24.3 Å². The van der Waals surface area contributed by atoms with Gasteiger partial charge in [-0.25, -0.2) is 0 Å². The number of aliphatic hydroxyl groups excluding tert-OH is 1. The van der Waals surface area contributed by atoms with Crippen molar-refractivity contribution in [3.63, 3.8) is 0 Å². The molecule has 0 amide bonds. The second-order valence-electron chi connectivity index (χ2n) is 5.30. The molecule has 0 radical (unpaired) electrons. The molecule has 2 rings (SSSR count). The van der Waals surface area contributed by atoms with Gasteiger partial charge in [0.25, 0.3) is 0 Å². The minimum atomic E-state index is -0.662. The molecule has 0 spiro atoms. The zero-order chi connectivity index (χ0) is 15.4. The molecule has 0 heterocycles. The van der Waals surface area contributed by atoms with Crippen LogP contribution in [0.5, 0.6) is 11.5 Å². The Morgan fingerprint density at radius 3 is 1.67 bits per heavy atom. The van der Waals surface area contributed by atoms with Crippen LogP contribution in [0.3, 0.4) is 0 Å². The van der Waals surface area contributed by atoms with Crippen molar-refractivity contribution in [3.8, 4) is 11.5 Å². The van der Waals surface area contributed by atoms with Crippen molar-refractivity contribution in [1.29, 1.82) is 0 Å². The van der Waals surface area contributed by atoms with Gasteiger partial charge in [0.1, 0.15) is 11.5 Å². The summed E-state index contributed by atoms with van der Waals surface area (Å²) in [4.78, 5) is 0. The van der Waals surface area contributed by atoms with Crippen molar-refractivity contribution in [3.05, 3.63) is 59.7 Å². The van der Waals surface area contributed by atoms with Gasteiger partial charge in [-0.15, -0.1) is 0 Å². The zero-order valence-electron chi connectivity index (χ0n) is 12.2. The fourth-order valence-electron chi connectivity index (χ4n) is 2.30. The van der Waals surface area contributed by atoms with Crippen LogP contribution in [0.15, 0.2) is 48.5 Å². The Bertz CT molecular complexity index is 566. The molecule has 0 aromatic heterocycles. The number of hydrogen-bond acceptors (Lipinski definition) is 4. The van der Waals surface area contributed by atoms with Crippen molar-refractivity contribution >= 4 is 0 Å². The third kappa shape index (κ3) is 3.97. The first-order chi connectivity index (χ1) is 9.97. The van der Waals surface area contributed by atoms with Gasteiger partial charge in [-0.05, 0) is 49.2 Å². The predicted molar refractivity (Wildman–Crippen MR) is 82.2 cm³/mol. The first kappa shape index (κ1) is 15.4. The summed E-state index contributed by atoms with van der Waals surface area (Å²) in [5, 5.41) is 32.2. The summed E-state index contributed by atoms with van der Waals surface area (Å²) < 4.78 is 0. The average molecular weight is 287 g/mol. The monoisotopic (exact) mass is 287 g/mol. The lowest BCUT2D eigenvalue weighted by molar-refractivity contribution is 0.130. The normalized spacial score (nSPS) is 15.4. The van der Waals surface area contributed by atoms with Gasteiger partial charge in [0.05, 0.1) is 6.10 Å². The van der Waals surface area contributed by atoms with E-state index >= 15 is 0 Å². The van der Waals surface area contributed by atoms with Crippen LogP contribution in [0.2, 0.25) is 0 Å². The van der Waals surface area contributed by atoms with E-state index in [0.29, 0.717) is 0 Å². The largest absolute Gasteiger partial charge is 0.508 e. The van der Waals surface area contributed by atoms with E-state index in [0.717, 1.165) is 11.1 Å². The van der Waals surface area contributed by atoms with E-state index < -0.39 is 6.10 Å². The highest BCUT2D eigenvalue weighted by atomic mass is 16.3. The fourth-order valence-corrected chi connectivity index (χ4v) is 2.30. The Kier molecular flexibility index (Phi) is 4.83. The smallest absolute Gasteiger partial charge is 0.115 e. The summed E-state index contributed by atoms with van der Waals surface area (Å²) in [6.07, 6.45) is -0.662. The summed E-state index contributed by atoms with van der Waals surface area (Å²) in [5.41, 5.74) is 1.79. The van der Waals surface area contributed by atoms with Crippen LogP contribution >= 0.6 is 0 Å². The summed E-state index contributed by atoms with van der Waals surface area (Å²) >= 11 is 0. The first-order valence-corrected chi connectivity index (χ1v) is 6.99. The molecular weight excluding hydrogens is 266 g/mol. The Balaban J connectivity index is 2.01. The van der Waals surface area contributed by atoms with Gasteiger partial charge >= 0.3 is 0 Å². The van der Waals surface area contributed by atoms with E-state index in [9.17, 15) is 15.3 Å². The minimum absolute atomic E-state index is 0.0485. The minimum Gasteiger partial charge on any atom is -0.508 e. The predicted octanol–water partition coefficient (Wildman–Crippen LogP) is 2.87. The standard InChI is InChI=1S/C17H21NO3/c1-11(13-3-7-15(19)8-4-13)18-12(2)17(21)14-5-9-16(20)10-6-14/h3-12,17-21H,1-2H3. The highest BCUT2D eigenvalue weighted by Gasteiger charge is 2.18. The van der Waals surface area contributed by atoms with E-state index in [1.54, 1.807) is 36.4 Å². The molecule has 0 aliphatic rings. The molecule has 0 bridgehead atoms. The van der Waals surface area contributed by atoms with Gasteiger partial charge in [-0.3, -0.25) is 0 Å². The topological polar surface area (TPSA) is 72.7 Å². The van der Waals surface area contributed by atoms with E-state index in [2.05, 4.69) is 5.32 Å². The Morgan fingerprint density at radius 2 is 1.19 bits per heavy atom. The molecule has 0 fully saturated rings.